The Bertz CT molecular complexity index is 597. The van der Waals surface area contributed by atoms with Crippen LogP contribution in [-0.2, 0) is 30.7 Å². The molecule has 0 unspecified atom stereocenters. The summed E-state index contributed by atoms with van der Waals surface area (Å²) < 4.78 is 45.3. The summed E-state index contributed by atoms with van der Waals surface area (Å²) in [5.41, 5.74) is 0.718. The van der Waals surface area contributed by atoms with E-state index in [1.165, 1.54) is 0 Å². The predicted molar refractivity (Wildman–Crippen MR) is 73.2 cm³/mol. The van der Waals surface area contributed by atoms with Gasteiger partial charge in [-0.2, -0.15) is 8.42 Å². The van der Waals surface area contributed by atoms with Gasteiger partial charge in [-0.15, -0.1) is 0 Å². The largest absolute Gasteiger partial charge is 1.00 e. The number of hydrogen-bond donors (Lipinski definition) is 3. The van der Waals surface area contributed by atoms with E-state index in [9.17, 15) is 18.6 Å². The molecule has 1 aromatic carbocycles. The van der Waals surface area contributed by atoms with Crippen LogP contribution in [0.5, 0.6) is 0 Å². The van der Waals surface area contributed by atoms with E-state index >= 15 is 0 Å². The Balaban J connectivity index is 0.00000288. The van der Waals surface area contributed by atoms with Gasteiger partial charge in [-0.25, -0.2) is 4.18 Å². The molecular formula is C13H17NaO9S. The molecule has 11 heteroatoms. The predicted octanol–water partition coefficient (Wildman–Crippen LogP) is -4.80. The normalized spacial score (nSPS) is 30.6. The summed E-state index contributed by atoms with van der Waals surface area (Å²) in [5.74, 6) is 0. The zero-order valence-corrected chi connectivity index (χ0v) is 15.7. The molecule has 5 atom stereocenters. The van der Waals surface area contributed by atoms with Crippen molar-refractivity contribution in [1.82, 2.24) is 0 Å². The van der Waals surface area contributed by atoms with Crippen molar-refractivity contribution in [3.05, 3.63) is 35.9 Å². The molecule has 2 rings (SSSR count). The average Bonchev–Trinajstić information content (AvgIpc) is 2.51. The van der Waals surface area contributed by atoms with Gasteiger partial charge in [0.25, 0.3) is 0 Å². The molecule has 0 amide bonds. The number of benzene rings is 1. The van der Waals surface area contributed by atoms with Gasteiger partial charge >= 0.3 is 40.0 Å². The molecule has 0 aliphatic carbocycles. The molecule has 130 valence electrons. The third-order valence-corrected chi connectivity index (χ3v) is 3.75. The van der Waals surface area contributed by atoms with Crippen LogP contribution in [0.4, 0.5) is 0 Å². The van der Waals surface area contributed by atoms with E-state index in [4.69, 9.17) is 19.1 Å². The molecule has 9 nitrogen and oxygen atoms in total. The molecule has 1 aliphatic rings. The minimum absolute atomic E-state index is 0. The topological polar surface area (TPSA) is 146 Å². The van der Waals surface area contributed by atoms with Crippen LogP contribution in [-0.4, -0.2) is 60.5 Å². The van der Waals surface area contributed by atoms with Crippen molar-refractivity contribution in [3.63, 3.8) is 0 Å². The third kappa shape index (κ3) is 6.00. The number of hydrogen-bond acceptors (Lipinski definition) is 8. The maximum atomic E-state index is 12.1. The molecule has 1 aliphatic heterocycles. The molecule has 24 heavy (non-hydrogen) atoms. The Morgan fingerprint density at radius 1 is 1.25 bits per heavy atom. The van der Waals surface area contributed by atoms with Crippen molar-refractivity contribution in [1.29, 1.82) is 0 Å². The van der Waals surface area contributed by atoms with Crippen LogP contribution in [0.2, 0.25) is 0 Å². The van der Waals surface area contributed by atoms with E-state index in [-0.39, 0.29) is 36.2 Å². The standard InChI is InChI=1S/C13H17O9S.Na/c14-6-9-10(15)11(16)12(22-23(17,18)19)13(21-9)20-7-8-4-2-1-3-5-8;/h1-5,9-15H,6-7H2,(H,17,18,19);/q-1;+1/t9-,10+,11+,12-,13-;/m1./s1. The first-order chi connectivity index (χ1) is 10.8. The van der Waals surface area contributed by atoms with Gasteiger partial charge in [0.2, 0.25) is 0 Å². The van der Waals surface area contributed by atoms with Gasteiger partial charge in [-0.3, -0.25) is 4.55 Å². The molecule has 1 aromatic rings. The van der Waals surface area contributed by atoms with Gasteiger partial charge < -0.3 is 24.8 Å². The van der Waals surface area contributed by atoms with Crippen molar-refractivity contribution >= 4 is 10.4 Å². The van der Waals surface area contributed by atoms with E-state index in [1.54, 1.807) is 30.3 Å². The van der Waals surface area contributed by atoms with Crippen molar-refractivity contribution < 1.29 is 71.5 Å². The number of rotatable bonds is 6. The van der Waals surface area contributed by atoms with Crippen LogP contribution in [0.1, 0.15) is 5.56 Å². The molecule has 1 saturated heterocycles. The first-order valence-electron chi connectivity index (χ1n) is 6.73. The molecule has 0 saturated carbocycles. The SMILES string of the molecule is O=S(=O)(O)O[C@H]1[C@H](OCc2ccccc2)O[C@H](CO)[C@H](O)[C@@H]1[O-].[Na+]. The zero-order valence-electron chi connectivity index (χ0n) is 12.9. The second-order valence-electron chi connectivity index (χ2n) is 4.97. The maximum absolute atomic E-state index is 12.1. The van der Waals surface area contributed by atoms with Gasteiger partial charge in [0.05, 0.1) is 19.3 Å². The van der Waals surface area contributed by atoms with E-state index in [0.717, 1.165) is 5.56 Å². The van der Waals surface area contributed by atoms with Gasteiger partial charge in [-0.05, 0) is 5.56 Å². The summed E-state index contributed by atoms with van der Waals surface area (Å²) in [4.78, 5) is 0. The fourth-order valence-corrected chi connectivity index (χ4v) is 2.65. The smallest absolute Gasteiger partial charge is 0.848 e. The van der Waals surface area contributed by atoms with Crippen LogP contribution in [0, 0.1) is 0 Å². The van der Waals surface area contributed by atoms with Gasteiger partial charge in [0.15, 0.2) is 6.29 Å². The van der Waals surface area contributed by atoms with E-state index in [1.807, 2.05) is 0 Å². The zero-order chi connectivity index (χ0) is 17.0. The fourth-order valence-electron chi connectivity index (χ4n) is 2.17. The molecule has 1 heterocycles. The van der Waals surface area contributed by atoms with E-state index in [2.05, 4.69) is 4.18 Å². The van der Waals surface area contributed by atoms with Crippen molar-refractivity contribution in [2.45, 2.75) is 37.3 Å². The molecule has 3 N–H and O–H groups in total. The minimum Gasteiger partial charge on any atom is -0.848 e. The van der Waals surface area contributed by atoms with Crippen LogP contribution < -0.4 is 34.7 Å². The minimum atomic E-state index is -4.95. The Labute approximate surface area is 161 Å². The summed E-state index contributed by atoms with van der Waals surface area (Å²) in [6, 6.07) is 8.76. The molecule has 0 aromatic heterocycles. The second-order valence-corrected chi connectivity index (χ2v) is 6.01. The number of aliphatic hydroxyl groups excluding tert-OH is 2. The van der Waals surface area contributed by atoms with Crippen molar-refractivity contribution in [3.8, 4) is 0 Å². The Morgan fingerprint density at radius 2 is 1.88 bits per heavy atom. The van der Waals surface area contributed by atoms with Crippen LogP contribution in [0.25, 0.3) is 0 Å². The molecular weight excluding hydrogens is 355 g/mol. The van der Waals surface area contributed by atoms with Gasteiger partial charge in [0, 0.05) is 0 Å². The third-order valence-electron chi connectivity index (χ3n) is 3.29. The Morgan fingerprint density at radius 3 is 2.42 bits per heavy atom. The first-order valence-corrected chi connectivity index (χ1v) is 8.10. The molecule has 1 fully saturated rings. The van der Waals surface area contributed by atoms with Crippen LogP contribution in [0.3, 0.4) is 0 Å². The average molecular weight is 372 g/mol. The maximum Gasteiger partial charge on any atom is 1.00 e. The van der Waals surface area contributed by atoms with Gasteiger partial charge in [-0.1, -0.05) is 36.4 Å². The summed E-state index contributed by atoms with van der Waals surface area (Å²) >= 11 is 0. The number of ether oxygens (including phenoxy) is 2. The second kappa shape index (κ2) is 9.55. The summed E-state index contributed by atoms with van der Waals surface area (Å²) in [6.45, 7) is -0.693. The Kier molecular flexibility index (Phi) is 8.73. The monoisotopic (exact) mass is 372 g/mol. The molecule has 0 radical (unpaired) electrons. The summed E-state index contributed by atoms with van der Waals surface area (Å²) in [7, 11) is -4.95. The van der Waals surface area contributed by atoms with Crippen molar-refractivity contribution in [2.75, 3.05) is 6.61 Å². The van der Waals surface area contributed by atoms with E-state index < -0.39 is 47.7 Å². The van der Waals surface area contributed by atoms with Gasteiger partial charge in [0.1, 0.15) is 12.2 Å². The van der Waals surface area contributed by atoms with Crippen molar-refractivity contribution in [2.24, 2.45) is 0 Å². The van der Waals surface area contributed by atoms with Crippen LogP contribution >= 0.6 is 0 Å². The summed E-state index contributed by atoms with van der Waals surface area (Å²) in [5, 5.41) is 30.9. The summed E-state index contributed by atoms with van der Waals surface area (Å²) in [6.07, 6.45) is -8.25. The fraction of sp³-hybridized carbons (Fsp3) is 0.538. The molecule has 0 bridgehead atoms. The Hall–Kier alpha value is -0.110. The van der Waals surface area contributed by atoms with E-state index in [0.29, 0.717) is 0 Å². The number of aliphatic hydroxyl groups is 2. The first kappa shape index (κ1) is 21.9. The quantitative estimate of drug-likeness (QED) is 0.331. The van der Waals surface area contributed by atoms with Crippen LogP contribution in [0.15, 0.2) is 30.3 Å². The molecule has 0 spiro atoms.